The van der Waals surface area contributed by atoms with Crippen molar-refractivity contribution in [3.05, 3.63) is 34.7 Å². The Morgan fingerprint density at radius 1 is 1.07 bits per heavy atom. The molecule has 2 saturated carbocycles. The fourth-order valence-corrected chi connectivity index (χ4v) is 9.49. The molecule has 3 aliphatic heterocycles. The number of fused-ring (bicyclic) bond motifs is 3. The minimum Gasteiger partial charge on any atom is -0.340 e. The van der Waals surface area contributed by atoms with E-state index in [1.807, 2.05) is 9.80 Å². The maximum atomic E-state index is 14.2. The predicted octanol–water partition coefficient (Wildman–Crippen LogP) is 4.48. The topological polar surface area (TPSA) is 127 Å². The standard InChI is InChI=1S/C29H35FN3O6PS/c30-25(40(37,38)39)16-3-6-23-19(11-16)15-24(41-23)26(34)31-21-14-18-12-17(18)13-20-4-5-22(33(20)27(21)35)28(36)32-10-9-29(32)7-1-2-8-29/h3,6,11,15,17-18,20-22,25H,1-2,4-5,7-10,12-14H2,(H,31,34)(H2,37,38,39)/t17-,18+,20-,21+,22+,25?/m1/s1. The minimum absolute atomic E-state index is 0.00927. The van der Waals surface area contributed by atoms with Crippen LogP contribution in [0.2, 0.25) is 0 Å². The van der Waals surface area contributed by atoms with Crippen molar-refractivity contribution < 1.29 is 33.1 Å². The van der Waals surface area contributed by atoms with Gasteiger partial charge >= 0.3 is 7.60 Å². The lowest BCUT2D eigenvalue weighted by Crippen LogP contribution is -2.65. The third-order valence-electron chi connectivity index (χ3n) is 10.3. The highest BCUT2D eigenvalue weighted by Gasteiger charge is 2.55. The molecular weight excluding hydrogens is 568 g/mol. The lowest BCUT2D eigenvalue weighted by molar-refractivity contribution is -0.157. The highest BCUT2D eigenvalue weighted by molar-refractivity contribution is 7.51. The van der Waals surface area contributed by atoms with Crippen LogP contribution >= 0.6 is 18.9 Å². The van der Waals surface area contributed by atoms with Crippen LogP contribution in [0.25, 0.3) is 10.1 Å². The smallest absolute Gasteiger partial charge is 0.340 e. The molecule has 1 aromatic carbocycles. The molecule has 3 saturated heterocycles. The van der Waals surface area contributed by atoms with E-state index in [0.717, 1.165) is 57.9 Å². The molecule has 2 aliphatic carbocycles. The SMILES string of the molecule is O=C(N[C@H]1C[C@@H]2C[C@@H]2C[C@H]2CC[C@@H](C(=O)N3CCC34CCCC4)N2C1=O)c1cc2cc(C(F)P(=O)(O)O)ccc2s1. The number of rotatable bonds is 5. The summed E-state index contributed by atoms with van der Waals surface area (Å²) in [5, 5.41) is 3.47. The molecule has 5 aliphatic rings. The Kier molecular flexibility index (Phi) is 6.61. The van der Waals surface area contributed by atoms with E-state index in [0.29, 0.717) is 39.6 Å². The average Bonchev–Trinajstić information content (AvgIpc) is 3.33. The number of alkyl halides is 1. The molecule has 5 fully saturated rings. The van der Waals surface area contributed by atoms with Gasteiger partial charge in [-0.15, -0.1) is 11.3 Å². The number of nitrogens with one attached hydrogen (secondary N) is 1. The predicted molar refractivity (Wildman–Crippen MR) is 151 cm³/mol. The zero-order chi connectivity index (χ0) is 28.7. The summed E-state index contributed by atoms with van der Waals surface area (Å²) in [6, 6.07) is 4.60. The average molecular weight is 604 g/mol. The molecule has 220 valence electrons. The second-order valence-corrected chi connectivity index (χ2v) is 15.5. The molecule has 9 nitrogen and oxygen atoms in total. The van der Waals surface area contributed by atoms with Gasteiger partial charge in [-0.3, -0.25) is 18.9 Å². The largest absolute Gasteiger partial charge is 0.363 e. The number of likely N-dealkylation sites (tertiary alicyclic amines) is 1. The molecule has 0 bridgehead atoms. The molecule has 2 aromatic rings. The molecule has 12 heteroatoms. The van der Waals surface area contributed by atoms with E-state index >= 15 is 0 Å². The Morgan fingerprint density at radius 3 is 2.54 bits per heavy atom. The molecule has 4 heterocycles. The van der Waals surface area contributed by atoms with Crippen LogP contribution in [0.15, 0.2) is 24.3 Å². The molecule has 1 aromatic heterocycles. The third kappa shape index (κ3) is 4.73. The second-order valence-electron chi connectivity index (χ2n) is 12.7. The van der Waals surface area contributed by atoms with Gasteiger partial charge in [-0.2, -0.15) is 0 Å². The van der Waals surface area contributed by atoms with Gasteiger partial charge in [-0.05, 0) is 92.4 Å². The summed E-state index contributed by atoms with van der Waals surface area (Å²) < 4.78 is 26.3. The number of nitrogens with zero attached hydrogens (tertiary/aromatic N) is 2. The summed E-state index contributed by atoms with van der Waals surface area (Å²) in [7, 11) is -4.96. The van der Waals surface area contributed by atoms with Crippen molar-refractivity contribution in [3.8, 4) is 0 Å². The summed E-state index contributed by atoms with van der Waals surface area (Å²) in [6.45, 7) is 0.762. The molecule has 41 heavy (non-hydrogen) atoms. The number of carbonyl (C=O) groups excluding carboxylic acids is 3. The van der Waals surface area contributed by atoms with Gasteiger partial charge in [0.2, 0.25) is 17.7 Å². The van der Waals surface area contributed by atoms with Crippen LogP contribution in [-0.4, -0.2) is 67.5 Å². The van der Waals surface area contributed by atoms with Gasteiger partial charge in [-0.1, -0.05) is 18.9 Å². The minimum atomic E-state index is -4.96. The van der Waals surface area contributed by atoms with Crippen molar-refractivity contribution >= 4 is 46.7 Å². The summed E-state index contributed by atoms with van der Waals surface area (Å²) in [5.74, 6) is -2.05. The van der Waals surface area contributed by atoms with E-state index < -0.39 is 31.5 Å². The summed E-state index contributed by atoms with van der Waals surface area (Å²) in [4.78, 5) is 64.0. The molecule has 3 N–H and O–H groups in total. The molecule has 1 spiro atoms. The highest BCUT2D eigenvalue weighted by Crippen LogP contribution is 2.53. The van der Waals surface area contributed by atoms with Crippen LogP contribution in [0.3, 0.4) is 0 Å². The van der Waals surface area contributed by atoms with E-state index in [1.54, 1.807) is 12.1 Å². The van der Waals surface area contributed by atoms with Crippen molar-refractivity contribution in [1.29, 1.82) is 0 Å². The third-order valence-corrected chi connectivity index (χ3v) is 12.3. The van der Waals surface area contributed by atoms with Crippen molar-refractivity contribution in [3.63, 3.8) is 0 Å². The van der Waals surface area contributed by atoms with Gasteiger partial charge < -0.3 is 24.9 Å². The van der Waals surface area contributed by atoms with Crippen molar-refractivity contribution in [2.75, 3.05) is 6.54 Å². The number of halogens is 1. The Bertz CT molecular complexity index is 1470. The normalized spacial score (nSPS) is 31.3. The monoisotopic (exact) mass is 603 g/mol. The van der Waals surface area contributed by atoms with Gasteiger partial charge in [0, 0.05) is 22.8 Å². The number of amides is 3. The molecular formula is C29H35FN3O6PS. The maximum absolute atomic E-state index is 14.2. The number of hydrogen-bond acceptors (Lipinski definition) is 5. The van der Waals surface area contributed by atoms with E-state index in [1.165, 1.54) is 23.5 Å². The first-order valence-electron chi connectivity index (χ1n) is 14.7. The van der Waals surface area contributed by atoms with Crippen LogP contribution in [0.5, 0.6) is 0 Å². The molecule has 7 rings (SSSR count). The number of benzene rings is 1. The van der Waals surface area contributed by atoms with Crippen LogP contribution in [0.4, 0.5) is 4.39 Å². The van der Waals surface area contributed by atoms with E-state index in [-0.39, 0.29) is 29.0 Å². The summed E-state index contributed by atoms with van der Waals surface area (Å²) in [5.41, 5.74) is -0.159. The first-order chi connectivity index (χ1) is 19.5. The van der Waals surface area contributed by atoms with Gasteiger partial charge in [-0.25, -0.2) is 4.39 Å². The van der Waals surface area contributed by atoms with Gasteiger partial charge in [0.1, 0.15) is 12.1 Å². The van der Waals surface area contributed by atoms with Crippen LogP contribution in [0.1, 0.15) is 85.4 Å². The molecule has 3 amide bonds. The second kappa shape index (κ2) is 9.86. The Morgan fingerprint density at radius 2 is 1.83 bits per heavy atom. The van der Waals surface area contributed by atoms with E-state index in [4.69, 9.17) is 0 Å². The zero-order valence-electron chi connectivity index (χ0n) is 22.7. The molecule has 1 unspecified atom stereocenters. The van der Waals surface area contributed by atoms with Crippen molar-refractivity contribution in [2.24, 2.45) is 11.8 Å². The van der Waals surface area contributed by atoms with Crippen LogP contribution in [0, 0.1) is 11.8 Å². The van der Waals surface area contributed by atoms with E-state index in [9.17, 15) is 33.1 Å². The maximum Gasteiger partial charge on any atom is 0.363 e. The molecule has 0 radical (unpaired) electrons. The number of thiophene rings is 1. The van der Waals surface area contributed by atoms with Crippen LogP contribution < -0.4 is 5.32 Å². The lowest BCUT2D eigenvalue weighted by Gasteiger charge is -2.52. The van der Waals surface area contributed by atoms with Gasteiger partial charge in [0.05, 0.1) is 4.88 Å². The fourth-order valence-electron chi connectivity index (χ4n) is 7.99. The zero-order valence-corrected chi connectivity index (χ0v) is 24.4. The van der Waals surface area contributed by atoms with Crippen molar-refractivity contribution in [1.82, 2.24) is 15.1 Å². The molecule has 6 atom stereocenters. The van der Waals surface area contributed by atoms with Gasteiger partial charge in [0.15, 0.2) is 0 Å². The first kappa shape index (κ1) is 27.5. The number of carbonyl (C=O) groups is 3. The summed E-state index contributed by atoms with van der Waals surface area (Å²) in [6.07, 6.45) is 9.43. The van der Waals surface area contributed by atoms with Gasteiger partial charge in [0.25, 0.3) is 5.91 Å². The van der Waals surface area contributed by atoms with E-state index in [2.05, 4.69) is 5.32 Å². The number of hydrogen-bond donors (Lipinski definition) is 3. The fraction of sp³-hybridized carbons (Fsp3) is 0.621. The van der Waals surface area contributed by atoms with Crippen LogP contribution in [-0.2, 0) is 14.2 Å². The Labute approximate surface area is 241 Å². The highest BCUT2D eigenvalue weighted by atomic mass is 32.1. The van der Waals surface area contributed by atoms with Crippen molar-refractivity contribution in [2.45, 2.75) is 93.8 Å². The lowest BCUT2D eigenvalue weighted by atomic mass is 9.82. The summed E-state index contributed by atoms with van der Waals surface area (Å²) >= 11 is 1.18. The Hall–Kier alpha value is -2.33. The first-order valence-corrected chi connectivity index (χ1v) is 17.2. The quantitative estimate of drug-likeness (QED) is 0.433. The Balaban J connectivity index is 1.11.